The number of phenolic OH excluding ortho intramolecular Hbond substituents is 1. The van der Waals surface area contributed by atoms with Crippen LogP contribution in [0.3, 0.4) is 0 Å². The summed E-state index contributed by atoms with van der Waals surface area (Å²) >= 11 is 13.0. The number of likely N-dealkylation sites (N-methyl/N-ethyl adjacent to an activating group) is 1. The molecule has 1 saturated heterocycles. The summed E-state index contributed by atoms with van der Waals surface area (Å²) in [6.07, 6.45) is 1.61. The van der Waals surface area contributed by atoms with Crippen LogP contribution in [0, 0.1) is 0 Å². The van der Waals surface area contributed by atoms with E-state index in [-0.39, 0.29) is 27.3 Å². The number of rotatable bonds is 4. The third kappa shape index (κ3) is 4.16. The number of nitrogens with zero attached hydrogens (tertiary/aromatic N) is 2. The lowest BCUT2D eigenvalue weighted by Gasteiger charge is -2.12. The molecule has 2 aromatic rings. The van der Waals surface area contributed by atoms with Gasteiger partial charge >= 0.3 is 5.97 Å². The second kappa shape index (κ2) is 8.26. The van der Waals surface area contributed by atoms with E-state index in [4.69, 9.17) is 28.3 Å². The summed E-state index contributed by atoms with van der Waals surface area (Å²) in [6, 6.07) is 9.18. The molecule has 0 spiro atoms. The summed E-state index contributed by atoms with van der Waals surface area (Å²) in [5, 5.41) is 19.4. The van der Waals surface area contributed by atoms with Crippen molar-refractivity contribution in [3.8, 4) is 5.75 Å². The summed E-state index contributed by atoms with van der Waals surface area (Å²) < 4.78 is 0. The number of hydrogen-bond acceptors (Lipinski definition) is 5. The second-order valence-electron chi connectivity index (χ2n) is 5.74. The van der Waals surface area contributed by atoms with E-state index in [1.165, 1.54) is 29.2 Å². The number of hydrogen-bond donors (Lipinski definition) is 2. The van der Waals surface area contributed by atoms with Gasteiger partial charge in [0.05, 0.1) is 26.2 Å². The van der Waals surface area contributed by atoms with Crippen LogP contribution in [0.25, 0.3) is 6.08 Å². The predicted molar refractivity (Wildman–Crippen MR) is 112 cm³/mol. The number of halogens is 2. The number of carboxylic acid groups (broad SMARTS) is 1. The Kier molecular flexibility index (Phi) is 5.98. The van der Waals surface area contributed by atoms with E-state index < -0.39 is 5.97 Å². The Bertz CT molecular complexity index is 1010. The zero-order valence-corrected chi connectivity index (χ0v) is 16.8. The molecule has 2 N–H and O–H groups in total. The van der Waals surface area contributed by atoms with Crippen LogP contribution in [-0.2, 0) is 4.79 Å². The molecular weight excluding hydrogens is 423 g/mol. The summed E-state index contributed by atoms with van der Waals surface area (Å²) in [6.45, 7) is 2.22. The van der Waals surface area contributed by atoms with Crippen molar-refractivity contribution in [1.29, 1.82) is 0 Å². The molecule has 0 bridgehead atoms. The normalized spacial score (nSPS) is 17.0. The van der Waals surface area contributed by atoms with Crippen LogP contribution >= 0.6 is 35.0 Å². The molecule has 1 aliphatic heterocycles. The molecule has 0 saturated carbocycles. The van der Waals surface area contributed by atoms with Crippen molar-refractivity contribution in [1.82, 2.24) is 4.90 Å². The monoisotopic (exact) mass is 436 g/mol. The minimum absolute atomic E-state index is 0.0847. The van der Waals surface area contributed by atoms with E-state index in [0.717, 1.165) is 11.8 Å². The van der Waals surface area contributed by atoms with Crippen LogP contribution in [0.15, 0.2) is 46.3 Å². The van der Waals surface area contributed by atoms with E-state index in [1.54, 1.807) is 18.2 Å². The number of carbonyl (C=O) groups is 2. The molecule has 28 heavy (non-hydrogen) atoms. The van der Waals surface area contributed by atoms with Crippen LogP contribution in [0.4, 0.5) is 5.69 Å². The van der Waals surface area contributed by atoms with Crippen molar-refractivity contribution in [3.05, 3.63) is 62.5 Å². The Morgan fingerprint density at radius 1 is 1.25 bits per heavy atom. The fourth-order valence-corrected chi connectivity index (χ4v) is 4.08. The Labute approximate surface area is 175 Å². The predicted octanol–water partition coefficient (Wildman–Crippen LogP) is 5.02. The average Bonchev–Trinajstić information content (AvgIpc) is 2.94. The largest absolute Gasteiger partial charge is 0.505 e. The Morgan fingerprint density at radius 3 is 2.54 bits per heavy atom. The van der Waals surface area contributed by atoms with Gasteiger partial charge in [-0.2, -0.15) is 0 Å². The van der Waals surface area contributed by atoms with E-state index in [9.17, 15) is 14.7 Å². The lowest BCUT2D eigenvalue weighted by atomic mass is 10.2. The third-order valence-electron chi connectivity index (χ3n) is 3.86. The van der Waals surface area contributed by atoms with Crippen LogP contribution in [-0.4, -0.2) is 38.7 Å². The Morgan fingerprint density at radius 2 is 1.93 bits per heavy atom. The lowest BCUT2D eigenvalue weighted by Crippen LogP contribution is -2.28. The molecule has 0 aromatic heterocycles. The van der Waals surface area contributed by atoms with Crippen LogP contribution in [0.2, 0.25) is 10.0 Å². The number of thioether (sulfide) groups is 1. The maximum atomic E-state index is 12.7. The number of aliphatic imine (C=N–C) groups is 1. The first-order valence-electron chi connectivity index (χ1n) is 8.11. The van der Waals surface area contributed by atoms with Gasteiger partial charge in [-0.15, -0.1) is 0 Å². The number of benzene rings is 2. The van der Waals surface area contributed by atoms with Gasteiger partial charge in [-0.1, -0.05) is 29.3 Å². The van der Waals surface area contributed by atoms with Crippen molar-refractivity contribution in [2.45, 2.75) is 6.92 Å². The topological polar surface area (TPSA) is 90.2 Å². The van der Waals surface area contributed by atoms with Gasteiger partial charge in [0, 0.05) is 6.54 Å². The number of amidine groups is 1. The quantitative estimate of drug-likeness (QED) is 0.656. The zero-order chi connectivity index (χ0) is 20.4. The highest BCUT2D eigenvalue weighted by Gasteiger charge is 2.32. The smallest absolute Gasteiger partial charge is 0.335 e. The maximum absolute atomic E-state index is 12.7. The zero-order valence-electron chi connectivity index (χ0n) is 14.5. The van der Waals surface area contributed by atoms with Gasteiger partial charge in [-0.05, 0) is 60.7 Å². The molecule has 6 nitrogen and oxygen atoms in total. The summed E-state index contributed by atoms with van der Waals surface area (Å²) in [7, 11) is 0. The third-order valence-corrected chi connectivity index (χ3v) is 5.44. The number of carboxylic acids is 1. The van der Waals surface area contributed by atoms with E-state index >= 15 is 0 Å². The standard InChI is InChI=1S/C19H14Cl2N2O4S/c1-2-23-17(25)15(8-10-6-13(20)16(24)14(21)7-10)28-19(23)22-12-5-3-4-11(9-12)18(26)27/h3-9,24H,2H2,1H3,(H,26,27)/b15-8-,22-19?. The summed E-state index contributed by atoms with van der Waals surface area (Å²) in [5.74, 6) is -1.50. The molecule has 0 unspecified atom stereocenters. The van der Waals surface area contributed by atoms with Gasteiger partial charge < -0.3 is 10.2 Å². The van der Waals surface area contributed by atoms with E-state index in [2.05, 4.69) is 4.99 Å². The summed E-state index contributed by atoms with van der Waals surface area (Å²) in [5.41, 5.74) is 1.11. The van der Waals surface area contributed by atoms with Crippen molar-refractivity contribution < 1.29 is 19.8 Å². The number of amides is 1. The first kappa shape index (κ1) is 20.3. The van der Waals surface area contributed by atoms with Gasteiger partial charge in [-0.25, -0.2) is 9.79 Å². The fourth-order valence-electron chi connectivity index (χ4n) is 2.51. The molecule has 1 heterocycles. The second-order valence-corrected chi connectivity index (χ2v) is 7.57. The van der Waals surface area contributed by atoms with Gasteiger partial charge in [0.2, 0.25) is 0 Å². The van der Waals surface area contributed by atoms with E-state index in [0.29, 0.717) is 27.9 Å². The highest BCUT2D eigenvalue weighted by atomic mass is 35.5. The highest BCUT2D eigenvalue weighted by Crippen LogP contribution is 2.37. The first-order valence-corrected chi connectivity index (χ1v) is 9.69. The molecule has 144 valence electrons. The van der Waals surface area contributed by atoms with Crippen molar-refractivity contribution >= 4 is 63.8 Å². The highest BCUT2D eigenvalue weighted by molar-refractivity contribution is 8.18. The first-order chi connectivity index (χ1) is 13.3. The number of carbonyl (C=O) groups excluding carboxylic acids is 1. The van der Waals surface area contributed by atoms with Crippen molar-refractivity contribution in [2.75, 3.05) is 6.54 Å². The molecule has 0 radical (unpaired) electrons. The molecule has 1 aliphatic rings. The SMILES string of the molecule is CCN1C(=O)/C(=C/c2cc(Cl)c(O)c(Cl)c2)SC1=Nc1cccc(C(=O)O)c1. The van der Waals surface area contributed by atoms with Crippen LogP contribution in [0.1, 0.15) is 22.8 Å². The molecule has 1 amide bonds. The number of phenols is 1. The van der Waals surface area contributed by atoms with Gasteiger partial charge in [0.25, 0.3) is 5.91 Å². The molecule has 2 aromatic carbocycles. The molecular formula is C19H14Cl2N2O4S. The minimum Gasteiger partial charge on any atom is -0.505 e. The number of aromatic hydroxyl groups is 1. The maximum Gasteiger partial charge on any atom is 0.335 e. The van der Waals surface area contributed by atoms with Gasteiger partial charge in [-0.3, -0.25) is 9.69 Å². The van der Waals surface area contributed by atoms with Gasteiger partial charge in [0.1, 0.15) is 0 Å². The van der Waals surface area contributed by atoms with Gasteiger partial charge in [0.15, 0.2) is 10.9 Å². The fraction of sp³-hybridized carbons (Fsp3) is 0.105. The average molecular weight is 437 g/mol. The van der Waals surface area contributed by atoms with Crippen LogP contribution < -0.4 is 0 Å². The molecule has 3 rings (SSSR count). The minimum atomic E-state index is -1.05. The number of aromatic carboxylic acids is 1. The van der Waals surface area contributed by atoms with Crippen molar-refractivity contribution in [2.24, 2.45) is 4.99 Å². The molecule has 1 fully saturated rings. The van der Waals surface area contributed by atoms with Crippen molar-refractivity contribution in [3.63, 3.8) is 0 Å². The molecule has 0 aliphatic carbocycles. The summed E-state index contributed by atoms with van der Waals surface area (Å²) in [4.78, 5) is 30.2. The molecule has 0 atom stereocenters. The Hall–Kier alpha value is -2.48. The lowest BCUT2D eigenvalue weighted by molar-refractivity contribution is -0.122. The van der Waals surface area contributed by atoms with Crippen LogP contribution in [0.5, 0.6) is 5.75 Å². The van der Waals surface area contributed by atoms with E-state index in [1.807, 2.05) is 6.92 Å². The molecule has 9 heteroatoms. The Balaban J connectivity index is 1.97.